The number of H-pyrrole nitrogens is 1. The second-order valence-electron chi connectivity index (χ2n) is 3.53. The third-order valence-corrected chi connectivity index (χ3v) is 2.29. The molecule has 0 radical (unpaired) electrons. The summed E-state index contributed by atoms with van der Waals surface area (Å²) in [4.78, 5) is 8.28. The molecule has 1 atom stereocenters. The van der Waals surface area contributed by atoms with E-state index in [2.05, 4.69) is 25.5 Å². The number of ether oxygens (including phenoxy) is 1. The molecule has 0 fully saturated rings. The number of nitrogens with zero attached hydrogens (tertiary/aromatic N) is 3. The van der Waals surface area contributed by atoms with E-state index >= 15 is 0 Å². The average Bonchev–Trinajstić information content (AvgIpc) is 2.85. The molecule has 2 heterocycles. The highest BCUT2D eigenvalue weighted by molar-refractivity contribution is 5.53. The summed E-state index contributed by atoms with van der Waals surface area (Å²) in [5, 5.41) is 9.75. The zero-order valence-corrected chi connectivity index (χ0v) is 9.64. The predicted molar refractivity (Wildman–Crippen MR) is 63.6 cm³/mol. The first-order chi connectivity index (χ1) is 8.20. The SMILES string of the molecule is COc1nc(NC(C)c2ncn[nH]2)ccc1N. The van der Waals surface area contributed by atoms with Crippen LogP contribution < -0.4 is 15.8 Å². The van der Waals surface area contributed by atoms with Crippen LogP contribution >= 0.6 is 0 Å². The summed E-state index contributed by atoms with van der Waals surface area (Å²) in [5.74, 6) is 1.81. The molecule has 4 N–H and O–H groups in total. The van der Waals surface area contributed by atoms with Crippen molar-refractivity contribution in [1.29, 1.82) is 0 Å². The summed E-state index contributed by atoms with van der Waals surface area (Å²) in [6.07, 6.45) is 1.46. The lowest BCUT2D eigenvalue weighted by Crippen LogP contribution is -2.10. The number of nitrogens with two attached hydrogens (primary N) is 1. The lowest BCUT2D eigenvalue weighted by molar-refractivity contribution is 0.400. The minimum Gasteiger partial charge on any atom is -0.479 e. The van der Waals surface area contributed by atoms with Gasteiger partial charge in [-0.25, -0.2) is 4.98 Å². The van der Waals surface area contributed by atoms with Gasteiger partial charge in [0.05, 0.1) is 18.8 Å². The number of anilines is 2. The Bertz CT molecular complexity index is 484. The van der Waals surface area contributed by atoms with Crippen LogP contribution in [0.3, 0.4) is 0 Å². The summed E-state index contributed by atoms with van der Waals surface area (Å²) in [7, 11) is 1.53. The van der Waals surface area contributed by atoms with E-state index < -0.39 is 0 Å². The van der Waals surface area contributed by atoms with Crippen LogP contribution in [0.25, 0.3) is 0 Å². The molecule has 2 aromatic rings. The van der Waals surface area contributed by atoms with Gasteiger partial charge in [-0.2, -0.15) is 10.1 Å². The highest BCUT2D eigenvalue weighted by Crippen LogP contribution is 2.22. The van der Waals surface area contributed by atoms with Crippen molar-refractivity contribution < 1.29 is 4.74 Å². The van der Waals surface area contributed by atoms with E-state index in [1.807, 2.05) is 6.92 Å². The summed E-state index contributed by atoms with van der Waals surface area (Å²) in [6, 6.07) is 3.49. The molecular weight excluding hydrogens is 220 g/mol. The molecule has 0 saturated heterocycles. The van der Waals surface area contributed by atoms with Gasteiger partial charge in [-0.05, 0) is 19.1 Å². The van der Waals surface area contributed by atoms with Crippen LogP contribution in [0.1, 0.15) is 18.8 Å². The summed E-state index contributed by atoms with van der Waals surface area (Å²) in [6.45, 7) is 1.95. The number of hydrogen-bond acceptors (Lipinski definition) is 6. The van der Waals surface area contributed by atoms with Crippen LogP contribution in [0.4, 0.5) is 11.5 Å². The van der Waals surface area contributed by atoms with Crippen LogP contribution in [-0.4, -0.2) is 27.3 Å². The van der Waals surface area contributed by atoms with Crippen molar-refractivity contribution in [2.75, 3.05) is 18.2 Å². The molecule has 7 heteroatoms. The Morgan fingerprint density at radius 2 is 2.29 bits per heavy atom. The Hall–Kier alpha value is -2.31. The highest BCUT2D eigenvalue weighted by Gasteiger charge is 2.10. The molecule has 0 aliphatic carbocycles. The van der Waals surface area contributed by atoms with Crippen molar-refractivity contribution in [3.8, 4) is 5.88 Å². The minimum atomic E-state index is -0.0293. The number of nitrogens with one attached hydrogen (secondary N) is 2. The molecule has 1 unspecified atom stereocenters. The predicted octanol–water partition coefficient (Wildman–Crippen LogP) is 0.964. The van der Waals surface area contributed by atoms with Crippen molar-refractivity contribution in [1.82, 2.24) is 20.2 Å². The topological polar surface area (TPSA) is 102 Å². The van der Waals surface area contributed by atoms with Gasteiger partial charge >= 0.3 is 0 Å². The van der Waals surface area contributed by atoms with Crippen LogP contribution in [0, 0.1) is 0 Å². The van der Waals surface area contributed by atoms with Crippen molar-refractivity contribution in [2.24, 2.45) is 0 Å². The second-order valence-corrected chi connectivity index (χ2v) is 3.53. The maximum atomic E-state index is 5.68. The lowest BCUT2D eigenvalue weighted by Gasteiger charge is -2.12. The Morgan fingerprint density at radius 3 is 2.94 bits per heavy atom. The molecule has 0 aliphatic rings. The normalized spacial score (nSPS) is 12.1. The van der Waals surface area contributed by atoms with Gasteiger partial charge in [-0.1, -0.05) is 0 Å². The van der Waals surface area contributed by atoms with Gasteiger partial charge in [0.15, 0.2) is 0 Å². The van der Waals surface area contributed by atoms with E-state index in [0.29, 0.717) is 17.4 Å². The van der Waals surface area contributed by atoms with E-state index in [-0.39, 0.29) is 6.04 Å². The molecule has 0 spiro atoms. The zero-order chi connectivity index (χ0) is 12.3. The van der Waals surface area contributed by atoms with Gasteiger partial charge in [0.2, 0.25) is 5.88 Å². The molecule has 2 aromatic heterocycles. The molecule has 0 aliphatic heterocycles. The Kier molecular flexibility index (Phi) is 3.08. The largest absolute Gasteiger partial charge is 0.479 e. The van der Waals surface area contributed by atoms with Gasteiger partial charge in [0.1, 0.15) is 18.0 Å². The monoisotopic (exact) mass is 234 g/mol. The van der Waals surface area contributed by atoms with Gasteiger partial charge in [-0.3, -0.25) is 5.10 Å². The number of aromatic amines is 1. The number of rotatable bonds is 4. The standard InChI is InChI=1S/C10H14N6O/c1-6(9-12-5-13-16-9)14-8-4-3-7(11)10(15-8)17-2/h3-6H,11H2,1-2H3,(H,14,15)(H,12,13,16). The summed E-state index contributed by atoms with van der Waals surface area (Å²) >= 11 is 0. The fraction of sp³-hybridized carbons (Fsp3) is 0.300. The lowest BCUT2D eigenvalue weighted by atomic mass is 10.3. The maximum absolute atomic E-state index is 5.68. The van der Waals surface area contributed by atoms with Crippen LogP contribution in [0.15, 0.2) is 18.5 Å². The van der Waals surface area contributed by atoms with Crippen molar-refractivity contribution in [3.05, 3.63) is 24.3 Å². The quantitative estimate of drug-likeness (QED) is 0.728. The fourth-order valence-corrected chi connectivity index (χ4v) is 1.41. The second kappa shape index (κ2) is 4.69. The van der Waals surface area contributed by atoms with Gasteiger partial charge in [0.25, 0.3) is 0 Å². The molecule has 0 amide bonds. The first-order valence-corrected chi connectivity index (χ1v) is 5.13. The third-order valence-electron chi connectivity index (χ3n) is 2.29. The minimum absolute atomic E-state index is 0.0293. The molecule has 90 valence electrons. The number of pyridine rings is 1. The van der Waals surface area contributed by atoms with Gasteiger partial charge in [0, 0.05) is 0 Å². The molecule has 0 bridgehead atoms. The van der Waals surface area contributed by atoms with Crippen LogP contribution in [-0.2, 0) is 0 Å². The molecular formula is C10H14N6O. The van der Waals surface area contributed by atoms with Crippen molar-refractivity contribution in [3.63, 3.8) is 0 Å². The first kappa shape index (κ1) is 11.2. The number of aromatic nitrogens is 4. The third kappa shape index (κ3) is 2.44. The first-order valence-electron chi connectivity index (χ1n) is 5.13. The zero-order valence-electron chi connectivity index (χ0n) is 9.64. The molecule has 2 rings (SSSR count). The highest BCUT2D eigenvalue weighted by atomic mass is 16.5. The molecule has 0 aromatic carbocycles. The van der Waals surface area contributed by atoms with E-state index in [0.717, 1.165) is 5.82 Å². The van der Waals surface area contributed by atoms with E-state index in [4.69, 9.17) is 10.5 Å². The Labute approximate surface area is 98.4 Å². The maximum Gasteiger partial charge on any atom is 0.238 e. The van der Waals surface area contributed by atoms with Crippen LogP contribution in [0.2, 0.25) is 0 Å². The average molecular weight is 234 g/mol. The van der Waals surface area contributed by atoms with E-state index in [1.165, 1.54) is 13.4 Å². The fourth-order valence-electron chi connectivity index (χ4n) is 1.41. The van der Waals surface area contributed by atoms with E-state index in [1.54, 1.807) is 12.1 Å². The van der Waals surface area contributed by atoms with Crippen molar-refractivity contribution in [2.45, 2.75) is 13.0 Å². The number of hydrogen-bond donors (Lipinski definition) is 3. The van der Waals surface area contributed by atoms with Crippen molar-refractivity contribution >= 4 is 11.5 Å². The van der Waals surface area contributed by atoms with Gasteiger partial charge < -0.3 is 15.8 Å². The summed E-state index contributed by atoms with van der Waals surface area (Å²) in [5.41, 5.74) is 6.19. The molecule has 17 heavy (non-hydrogen) atoms. The van der Waals surface area contributed by atoms with Crippen LogP contribution in [0.5, 0.6) is 5.88 Å². The van der Waals surface area contributed by atoms with E-state index in [9.17, 15) is 0 Å². The number of nitrogen functional groups attached to an aromatic ring is 1. The molecule has 7 nitrogen and oxygen atoms in total. The molecule has 0 saturated carbocycles. The Balaban J connectivity index is 2.13. The Morgan fingerprint density at radius 1 is 1.47 bits per heavy atom. The van der Waals surface area contributed by atoms with Gasteiger partial charge in [-0.15, -0.1) is 0 Å². The summed E-state index contributed by atoms with van der Waals surface area (Å²) < 4.78 is 5.05. The smallest absolute Gasteiger partial charge is 0.238 e. The number of methoxy groups -OCH3 is 1.